The van der Waals surface area contributed by atoms with Crippen LogP contribution < -0.4 is 10.1 Å². The lowest BCUT2D eigenvalue weighted by atomic mass is 10.0. The van der Waals surface area contributed by atoms with Crippen LogP contribution in [0.2, 0.25) is 0 Å². The Kier molecular flexibility index (Phi) is 6.87. The second-order valence-electron chi connectivity index (χ2n) is 6.01. The standard InChI is InChI=1S/C19H24N2O2S.ClH/c1-4-14-11-18(24-13(14)2)19(22)21-10-9-20-12-16(21)15-7-5-6-8-17(15)23-3;/h5-8,11,16,20H,4,9-10,12H2,1-3H3;1H. The molecule has 1 aliphatic heterocycles. The first-order chi connectivity index (χ1) is 11.7. The number of hydrogen-bond acceptors (Lipinski definition) is 4. The average Bonchev–Trinajstić information content (AvgIpc) is 3.02. The van der Waals surface area contributed by atoms with Crippen molar-refractivity contribution in [1.82, 2.24) is 10.2 Å². The van der Waals surface area contributed by atoms with Crippen LogP contribution in [0.4, 0.5) is 0 Å². The van der Waals surface area contributed by atoms with Crippen LogP contribution >= 0.6 is 23.7 Å². The Morgan fingerprint density at radius 3 is 2.84 bits per heavy atom. The average molecular weight is 381 g/mol. The van der Waals surface area contributed by atoms with E-state index in [1.165, 1.54) is 10.4 Å². The number of halogens is 1. The number of hydrogen-bond donors (Lipinski definition) is 1. The van der Waals surface area contributed by atoms with Crippen LogP contribution in [-0.2, 0) is 6.42 Å². The molecule has 1 unspecified atom stereocenters. The van der Waals surface area contributed by atoms with Gasteiger partial charge in [-0.25, -0.2) is 0 Å². The van der Waals surface area contributed by atoms with Crippen LogP contribution in [0.1, 0.15) is 38.6 Å². The van der Waals surface area contributed by atoms with Crippen molar-refractivity contribution in [3.63, 3.8) is 0 Å². The van der Waals surface area contributed by atoms with Crippen LogP contribution in [-0.4, -0.2) is 37.6 Å². The Hall–Kier alpha value is -1.56. The summed E-state index contributed by atoms with van der Waals surface area (Å²) in [6.45, 7) is 6.50. The molecule has 3 rings (SSSR count). The molecular formula is C19H25ClN2O2S. The summed E-state index contributed by atoms with van der Waals surface area (Å²) in [5.41, 5.74) is 2.33. The molecule has 1 aliphatic rings. The molecule has 0 aliphatic carbocycles. The minimum atomic E-state index is -0.00474. The predicted octanol–water partition coefficient (Wildman–Crippen LogP) is 3.84. The molecule has 1 aromatic carbocycles. The molecule has 1 atom stereocenters. The first kappa shape index (κ1) is 19.8. The van der Waals surface area contributed by atoms with Gasteiger partial charge in [0.1, 0.15) is 5.75 Å². The van der Waals surface area contributed by atoms with E-state index in [-0.39, 0.29) is 24.4 Å². The molecule has 1 N–H and O–H groups in total. The van der Waals surface area contributed by atoms with Crippen molar-refractivity contribution in [1.29, 1.82) is 0 Å². The lowest BCUT2D eigenvalue weighted by Crippen LogP contribution is -2.48. The number of piperazine rings is 1. The fourth-order valence-corrected chi connectivity index (χ4v) is 4.35. The van der Waals surface area contributed by atoms with Crippen molar-refractivity contribution in [2.24, 2.45) is 0 Å². The van der Waals surface area contributed by atoms with E-state index in [1.54, 1.807) is 18.4 Å². The highest BCUT2D eigenvalue weighted by Gasteiger charge is 2.31. The van der Waals surface area contributed by atoms with Gasteiger partial charge in [0.05, 0.1) is 18.0 Å². The minimum absolute atomic E-state index is 0. The Balaban J connectivity index is 0.00000225. The predicted molar refractivity (Wildman–Crippen MR) is 105 cm³/mol. The van der Waals surface area contributed by atoms with E-state index in [2.05, 4.69) is 25.2 Å². The fraction of sp³-hybridized carbons (Fsp3) is 0.421. The molecule has 2 heterocycles. The van der Waals surface area contributed by atoms with Crippen LogP contribution in [0.5, 0.6) is 5.75 Å². The number of nitrogens with zero attached hydrogens (tertiary/aromatic N) is 1. The third-order valence-corrected chi connectivity index (χ3v) is 5.70. The van der Waals surface area contributed by atoms with Gasteiger partial charge >= 0.3 is 0 Å². The molecule has 136 valence electrons. The number of ether oxygens (including phenoxy) is 1. The molecule has 2 aromatic rings. The van der Waals surface area contributed by atoms with Crippen molar-refractivity contribution in [2.45, 2.75) is 26.3 Å². The molecule has 0 radical (unpaired) electrons. The minimum Gasteiger partial charge on any atom is -0.496 e. The number of carbonyl (C=O) groups is 1. The molecule has 0 bridgehead atoms. The van der Waals surface area contributed by atoms with Gasteiger partial charge in [-0.15, -0.1) is 23.7 Å². The van der Waals surface area contributed by atoms with Gasteiger partial charge in [-0.2, -0.15) is 0 Å². The molecule has 25 heavy (non-hydrogen) atoms. The first-order valence-electron chi connectivity index (χ1n) is 8.39. The monoisotopic (exact) mass is 380 g/mol. The van der Waals surface area contributed by atoms with Gasteiger partial charge in [0.15, 0.2) is 0 Å². The number of aryl methyl sites for hydroxylation is 2. The van der Waals surface area contributed by atoms with Crippen molar-refractivity contribution >= 4 is 29.7 Å². The Morgan fingerprint density at radius 1 is 1.40 bits per heavy atom. The highest BCUT2D eigenvalue weighted by atomic mass is 35.5. The summed E-state index contributed by atoms with van der Waals surface area (Å²) in [7, 11) is 1.68. The lowest BCUT2D eigenvalue weighted by molar-refractivity contribution is 0.0636. The molecule has 1 amide bonds. The van der Waals surface area contributed by atoms with Crippen molar-refractivity contribution in [3.05, 3.63) is 51.2 Å². The third-order valence-electron chi connectivity index (χ3n) is 4.61. The lowest BCUT2D eigenvalue weighted by Gasteiger charge is -2.36. The summed E-state index contributed by atoms with van der Waals surface area (Å²) in [5, 5.41) is 3.40. The maximum absolute atomic E-state index is 13.1. The number of rotatable bonds is 4. The number of methoxy groups -OCH3 is 1. The SMILES string of the molecule is CCc1cc(C(=O)N2CCNCC2c2ccccc2OC)sc1C.Cl. The molecule has 1 fully saturated rings. The van der Waals surface area contributed by atoms with E-state index in [0.717, 1.165) is 35.7 Å². The van der Waals surface area contributed by atoms with Gasteiger partial charge < -0.3 is 15.0 Å². The summed E-state index contributed by atoms with van der Waals surface area (Å²) >= 11 is 1.61. The van der Waals surface area contributed by atoms with Crippen LogP contribution in [0.25, 0.3) is 0 Å². The van der Waals surface area contributed by atoms with Crippen molar-refractivity contribution in [3.8, 4) is 5.75 Å². The normalized spacial score (nSPS) is 17.1. The summed E-state index contributed by atoms with van der Waals surface area (Å²) in [6.07, 6.45) is 0.965. The number of para-hydroxylation sites is 1. The summed E-state index contributed by atoms with van der Waals surface area (Å²) in [5.74, 6) is 0.959. The van der Waals surface area contributed by atoms with E-state index in [9.17, 15) is 4.79 Å². The molecule has 0 spiro atoms. The van der Waals surface area contributed by atoms with Gasteiger partial charge in [-0.05, 0) is 31.0 Å². The summed E-state index contributed by atoms with van der Waals surface area (Å²) in [6, 6.07) is 10.0. The van der Waals surface area contributed by atoms with E-state index in [1.807, 2.05) is 29.2 Å². The summed E-state index contributed by atoms with van der Waals surface area (Å²) in [4.78, 5) is 17.2. The number of benzene rings is 1. The largest absolute Gasteiger partial charge is 0.496 e. The molecule has 1 saturated heterocycles. The Morgan fingerprint density at radius 2 is 2.16 bits per heavy atom. The van der Waals surface area contributed by atoms with Crippen molar-refractivity contribution in [2.75, 3.05) is 26.7 Å². The number of amides is 1. The zero-order valence-electron chi connectivity index (χ0n) is 14.9. The number of nitrogens with one attached hydrogen (secondary N) is 1. The highest BCUT2D eigenvalue weighted by Crippen LogP contribution is 2.32. The maximum Gasteiger partial charge on any atom is 0.264 e. The molecular weight excluding hydrogens is 356 g/mol. The van der Waals surface area contributed by atoms with Crippen LogP contribution in [0.15, 0.2) is 30.3 Å². The van der Waals surface area contributed by atoms with Crippen LogP contribution in [0.3, 0.4) is 0 Å². The quantitative estimate of drug-likeness (QED) is 0.876. The Labute approximate surface area is 159 Å². The third kappa shape index (κ3) is 4.00. The molecule has 4 nitrogen and oxygen atoms in total. The van der Waals surface area contributed by atoms with E-state index in [0.29, 0.717) is 6.54 Å². The zero-order valence-corrected chi connectivity index (χ0v) is 16.5. The van der Waals surface area contributed by atoms with E-state index >= 15 is 0 Å². The van der Waals surface area contributed by atoms with Crippen molar-refractivity contribution < 1.29 is 9.53 Å². The van der Waals surface area contributed by atoms with Gasteiger partial charge in [-0.3, -0.25) is 4.79 Å². The molecule has 1 aromatic heterocycles. The Bertz CT molecular complexity index is 732. The fourth-order valence-electron chi connectivity index (χ4n) is 3.28. The van der Waals surface area contributed by atoms with Gasteiger partial charge in [-0.1, -0.05) is 25.1 Å². The first-order valence-corrected chi connectivity index (χ1v) is 9.21. The highest BCUT2D eigenvalue weighted by molar-refractivity contribution is 7.14. The van der Waals surface area contributed by atoms with Gasteiger partial charge in [0.2, 0.25) is 0 Å². The number of thiophene rings is 1. The zero-order chi connectivity index (χ0) is 17.1. The smallest absolute Gasteiger partial charge is 0.264 e. The number of carbonyl (C=O) groups excluding carboxylic acids is 1. The van der Waals surface area contributed by atoms with Crippen LogP contribution in [0, 0.1) is 6.92 Å². The summed E-state index contributed by atoms with van der Waals surface area (Å²) < 4.78 is 5.51. The van der Waals surface area contributed by atoms with Gasteiger partial charge in [0.25, 0.3) is 5.91 Å². The molecule has 6 heteroatoms. The van der Waals surface area contributed by atoms with E-state index < -0.39 is 0 Å². The topological polar surface area (TPSA) is 41.6 Å². The van der Waals surface area contributed by atoms with E-state index in [4.69, 9.17) is 4.74 Å². The van der Waals surface area contributed by atoms with Gasteiger partial charge in [0, 0.05) is 30.1 Å². The second kappa shape index (κ2) is 8.70. The second-order valence-corrected chi connectivity index (χ2v) is 7.26. The maximum atomic E-state index is 13.1. The molecule has 0 saturated carbocycles.